The lowest BCUT2D eigenvalue weighted by atomic mass is 9.99. The van der Waals surface area contributed by atoms with E-state index in [1.165, 1.54) is 0 Å². The van der Waals surface area contributed by atoms with E-state index in [-0.39, 0.29) is 18.0 Å². The van der Waals surface area contributed by atoms with Crippen molar-refractivity contribution in [1.29, 1.82) is 0 Å². The molecule has 1 N–H and O–H groups in total. The van der Waals surface area contributed by atoms with Crippen LogP contribution in [0.15, 0.2) is 60.8 Å². The van der Waals surface area contributed by atoms with Gasteiger partial charge in [-0.15, -0.1) is 0 Å². The Labute approximate surface area is 274 Å². The number of benzene rings is 2. The van der Waals surface area contributed by atoms with E-state index in [1.807, 2.05) is 75.5 Å². The third-order valence-electron chi connectivity index (χ3n) is 7.87. The highest BCUT2D eigenvalue weighted by atomic mass is 35.5. The van der Waals surface area contributed by atoms with Gasteiger partial charge in [0.2, 0.25) is 5.88 Å². The smallest absolute Gasteiger partial charge is 0.310 e. The molecule has 2 aromatic heterocycles. The summed E-state index contributed by atoms with van der Waals surface area (Å²) in [5.74, 6) is 1.04. The molecule has 1 unspecified atom stereocenters. The molecule has 0 amide bonds. The minimum Gasteiger partial charge on any atom is -0.496 e. The number of methoxy groups -OCH3 is 2. The summed E-state index contributed by atoms with van der Waals surface area (Å²) >= 11 is 14.1. The molecule has 4 aromatic rings. The highest BCUT2D eigenvalue weighted by Gasteiger charge is 2.30. The molecule has 236 valence electrons. The van der Waals surface area contributed by atoms with Gasteiger partial charge in [-0.1, -0.05) is 59.6 Å². The van der Waals surface area contributed by atoms with Crippen molar-refractivity contribution in [1.82, 2.24) is 20.2 Å². The SMILES string of the molecule is CNCc1ccc(-c2cccc(-c3ccnc(-c4ccc(CN5CCC(C(=O)OC(C)C)C5)c(OC)c4)c3Cl)c2Cl)nc1OC. The molecule has 8 nitrogen and oxygen atoms in total. The minimum atomic E-state index is -0.125. The van der Waals surface area contributed by atoms with Gasteiger partial charge in [-0.2, -0.15) is 0 Å². The van der Waals surface area contributed by atoms with Crippen LogP contribution in [-0.4, -0.2) is 61.3 Å². The number of rotatable bonds is 11. The fourth-order valence-electron chi connectivity index (χ4n) is 5.67. The van der Waals surface area contributed by atoms with Crippen LogP contribution in [0.1, 0.15) is 31.4 Å². The number of hydrogen-bond acceptors (Lipinski definition) is 8. The van der Waals surface area contributed by atoms with E-state index in [0.717, 1.165) is 52.1 Å². The van der Waals surface area contributed by atoms with Crippen molar-refractivity contribution in [2.24, 2.45) is 5.92 Å². The van der Waals surface area contributed by atoms with Gasteiger partial charge in [-0.3, -0.25) is 14.7 Å². The number of aromatic nitrogens is 2. The number of likely N-dealkylation sites (tertiary alicyclic amines) is 1. The Morgan fingerprint density at radius 2 is 1.76 bits per heavy atom. The Morgan fingerprint density at radius 1 is 1.00 bits per heavy atom. The van der Waals surface area contributed by atoms with E-state index in [2.05, 4.69) is 15.2 Å². The molecule has 0 saturated carbocycles. The van der Waals surface area contributed by atoms with Crippen LogP contribution in [0.3, 0.4) is 0 Å². The Hall–Kier alpha value is -3.69. The van der Waals surface area contributed by atoms with Crippen molar-refractivity contribution in [2.45, 2.75) is 39.5 Å². The van der Waals surface area contributed by atoms with Crippen molar-refractivity contribution in [3.05, 3.63) is 82.0 Å². The summed E-state index contributed by atoms with van der Waals surface area (Å²) < 4.78 is 16.8. The molecule has 0 aliphatic carbocycles. The lowest BCUT2D eigenvalue weighted by Gasteiger charge is -2.19. The van der Waals surface area contributed by atoms with Gasteiger partial charge in [0.15, 0.2) is 0 Å². The molecule has 1 saturated heterocycles. The Balaban J connectivity index is 1.41. The quantitative estimate of drug-likeness (QED) is 0.170. The molecule has 0 bridgehead atoms. The third-order valence-corrected chi connectivity index (χ3v) is 8.66. The van der Waals surface area contributed by atoms with Gasteiger partial charge >= 0.3 is 5.97 Å². The van der Waals surface area contributed by atoms with Crippen molar-refractivity contribution >= 4 is 29.2 Å². The van der Waals surface area contributed by atoms with Crippen molar-refractivity contribution < 1.29 is 19.0 Å². The van der Waals surface area contributed by atoms with Crippen LogP contribution in [0.2, 0.25) is 10.0 Å². The Kier molecular flexibility index (Phi) is 10.6. The van der Waals surface area contributed by atoms with E-state index in [9.17, 15) is 4.79 Å². The van der Waals surface area contributed by atoms with Crippen LogP contribution < -0.4 is 14.8 Å². The average Bonchev–Trinajstić information content (AvgIpc) is 3.51. The van der Waals surface area contributed by atoms with Crippen LogP contribution in [-0.2, 0) is 22.6 Å². The Bertz CT molecular complexity index is 1680. The van der Waals surface area contributed by atoms with Crippen LogP contribution in [0, 0.1) is 5.92 Å². The number of halogens is 2. The fourth-order valence-corrected chi connectivity index (χ4v) is 6.32. The van der Waals surface area contributed by atoms with Gasteiger partial charge < -0.3 is 19.5 Å². The zero-order valence-electron chi connectivity index (χ0n) is 26.2. The van der Waals surface area contributed by atoms with Crippen molar-refractivity contribution in [2.75, 3.05) is 34.4 Å². The molecule has 1 fully saturated rings. The highest BCUT2D eigenvalue weighted by molar-refractivity contribution is 6.39. The standard InChI is InChI=1S/C35H38Cl2N4O4/c1-21(2)45-35(42)25-14-16-41(20-25)19-24-10-9-22(17-30(24)43-4)33-32(37)27(13-15-39-33)26-7-6-8-28(31(26)36)29-12-11-23(18-38-3)34(40-29)44-5/h6-13,15,17,21,25,38H,14,16,18-20H2,1-5H3. The fraction of sp³-hybridized carbons (Fsp3) is 0.343. The van der Waals surface area contributed by atoms with Gasteiger partial charge in [-0.05, 0) is 52.1 Å². The van der Waals surface area contributed by atoms with E-state index >= 15 is 0 Å². The number of hydrogen-bond donors (Lipinski definition) is 1. The first kappa shape index (κ1) is 32.7. The molecule has 3 heterocycles. The number of carbonyl (C=O) groups excluding carboxylic acids is 1. The maximum Gasteiger partial charge on any atom is 0.310 e. The van der Waals surface area contributed by atoms with E-state index in [0.29, 0.717) is 46.9 Å². The molecule has 10 heteroatoms. The first-order chi connectivity index (χ1) is 21.7. The zero-order valence-corrected chi connectivity index (χ0v) is 27.7. The van der Waals surface area contributed by atoms with Crippen molar-refractivity contribution in [3.8, 4) is 45.3 Å². The second-order valence-corrected chi connectivity index (χ2v) is 12.1. The maximum absolute atomic E-state index is 12.4. The van der Waals surface area contributed by atoms with Gasteiger partial charge in [0, 0.05) is 59.2 Å². The van der Waals surface area contributed by atoms with Gasteiger partial charge in [0.1, 0.15) is 5.75 Å². The largest absolute Gasteiger partial charge is 0.496 e. The van der Waals surface area contributed by atoms with Crippen LogP contribution in [0.25, 0.3) is 33.6 Å². The molecule has 1 aliphatic heterocycles. The number of ether oxygens (including phenoxy) is 3. The summed E-state index contributed by atoms with van der Waals surface area (Å²) in [6.45, 7) is 6.53. The zero-order chi connectivity index (χ0) is 32.1. The molecular weight excluding hydrogens is 611 g/mol. The first-order valence-corrected chi connectivity index (χ1v) is 15.7. The van der Waals surface area contributed by atoms with Crippen LogP contribution >= 0.6 is 23.2 Å². The molecular formula is C35H38Cl2N4O4. The summed E-state index contributed by atoms with van der Waals surface area (Å²) in [6, 6.07) is 17.6. The molecule has 0 spiro atoms. The predicted octanol–water partition coefficient (Wildman–Crippen LogP) is 7.29. The maximum atomic E-state index is 12.4. The highest BCUT2D eigenvalue weighted by Crippen LogP contribution is 2.42. The molecule has 2 aromatic carbocycles. The van der Waals surface area contributed by atoms with Crippen LogP contribution in [0.5, 0.6) is 11.6 Å². The normalized spacial score (nSPS) is 15.0. The molecule has 45 heavy (non-hydrogen) atoms. The van der Waals surface area contributed by atoms with Gasteiger partial charge in [-0.25, -0.2) is 4.98 Å². The summed E-state index contributed by atoms with van der Waals surface area (Å²) in [6.07, 6.45) is 2.40. The van der Waals surface area contributed by atoms with Gasteiger partial charge in [0.05, 0.1) is 47.7 Å². The number of esters is 1. The summed E-state index contributed by atoms with van der Waals surface area (Å²) in [7, 11) is 5.14. The van der Waals surface area contributed by atoms with E-state index in [4.69, 9.17) is 42.4 Å². The van der Waals surface area contributed by atoms with Crippen LogP contribution in [0.4, 0.5) is 0 Å². The Morgan fingerprint density at radius 3 is 2.49 bits per heavy atom. The number of nitrogens with zero attached hydrogens (tertiary/aromatic N) is 3. The number of carbonyl (C=O) groups is 1. The predicted molar refractivity (Wildman–Crippen MR) is 179 cm³/mol. The molecule has 1 atom stereocenters. The first-order valence-electron chi connectivity index (χ1n) is 15.0. The second kappa shape index (κ2) is 14.6. The molecule has 5 rings (SSSR count). The van der Waals surface area contributed by atoms with E-state index < -0.39 is 0 Å². The summed E-state index contributed by atoms with van der Waals surface area (Å²) in [5, 5.41) is 4.14. The lowest BCUT2D eigenvalue weighted by Crippen LogP contribution is -2.25. The number of nitrogens with one attached hydrogen (secondary N) is 1. The van der Waals surface area contributed by atoms with Gasteiger partial charge in [0.25, 0.3) is 0 Å². The topological polar surface area (TPSA) is 85.8 Å². The summed E-state index contributed by atoms with van der Waals surface area (Å²) in [5.41, 5.74) is 6.41. The van der Waals surface area contributed by atoms with E-state index in [1.54, 1.807) is 20.4 Å². The molecule has 0 radical (unpaired) electrons. The summed E-state index contributed by atoms with van der Waals surface area (Å²) in [4.78, 5) is 24.0. The monoisotopic (exact) mass is 648 g/mol. The molecule has 1 aliphatic rings. The lowest BCUT2D eigenvalue weighted by molar-refractivity contribution is -0.151. The second-order valence-electron chi connectivity index (χ2n) is 11.3. The third kappa shape index (κ3) is 7.25. The number of pyridine rings is 2. The average molecular weight is 650 g/mol. The minimum absolute atomic E-state index is 0.107. The van der Waals surface area contributed by atoms with Crippen molar-refractivity contribution in [3.63, 3.8) is 0 Å².